The van der Waals surface area contributed by atoms with Crippen molar-refractivity contribution in [2.75, 3.05) is 44.7 Å². The Labute approximate surface area is 164 Å². The Bertz CT molecular complexity index is 743. The molecule has 0 spiro atoms. The van der Waals surface area contributed by atoms with Gasteiger partial charge in [0.2, 0.25) is 5.95 Å². The number of halogens is 2. The largest absolute Gasteiger partial charge is 0.497 e. The number of anilines is 1. The van der Waals surface area contributed by atoms with E-state index in [0.717, 1.165) is 5.69 Å². The average Bonchev–Trinajstić information content (AvgIpc) is 2.69. The number of nitrogens with zero attached hydrogens (tertiary/aromatic N) is 3. The molecule has 0 bridgehead atoms. The Kier molecular flexibility index (Phi) is 7.98. The van der Waals surface area contributed by atoms with Crippen molar-refractivity contribution in [1.82, 2.24) is 15.2 Å². The minimum atomic E-state index is -0.558. The fourth-order valence-electron chi connectivity index (χ4n) is 2.82. The Hall–Kier alpha value is -2.90. The number of aromatic nitrogens is 1. The van der Waals surface area contributed by atoms with Gasteiger partial charge in [0.1, 0.15) is 11.6 Å². The van der Waals surface area contributed by atoms with Crippen LogP contribution in [0.3, 0.4) is 0 Å². The number of hydrogen-bond acceptors (Lipinski definition) is 4. The number of piperazine rings is 1. The third-order valence-corrected chi connectivity index (χ3v) is 4.33. The Morgan fingerprint density at radius 1 is 1.39 bits per heavy atom. The third-order valence-electron chi connectivity index (χ3n) is 4.33. The zero-order chi connectivity index (χ0) is 20.5. The maximum atomic E-state index is 13.3. The smallest absolute Gasteiger partial charge is 0.317 e. The SMILES string of the molecule is C=C(F)/C=C\C(=C/C(C)CNC(=O)N1CCN(c2ccnc(F)c2)CC1)OC. The maximum absolute atomic E-state index is 13.3. The predicted octanol–water partition coefficient (Wildman–Crippen LogP) is 3.26. The molecule has 152 valence electrons. The summed E-state index contributed by atoms with van der Waals surface area (Å²) in [7, 11) is 1.50. The van der Waals surface area contributed by atoms with Crippen LogP contribution in [0.15, 0.2) is 54.7 Å². The highest BCUT2D eigenvalue weighted by molar-refractivity contribution is 5.74. The summed E-state index contributed by atoms with van der Waals surface area (Å²) in [5.41, 5.74) is 0.766. The van der Waals surface area contributed by atoms with Crippen LogP contribution in [0.5, 0.6) is 0 Å². The Morgan fingerprint density at radius 2 is 2.11 bits per heavy atom. The first-order valence-electron chi connectivity index (χ1n) is 9.06. The van der Waals surface area contributed by atoms with Crippen LogP contribution < -0.4 is 10.2 Å². The van der Waals surface area contributed by atoms with E-state index in [0.29, 0.717) is 38.5 Å². The molecule has 1 aromatic rings. The van der Waals surface area contributed by atoms with Crippen molar-refractivity contribution in [3.63, 3.8) is 0 Å². The second-order valence-electron chi connectivity index (χ2n) is 6.53. The van der Waals surface area contributed by atoms with E-state index in [9.17, 15) is 13.6 Å². The number of allylic oxidation sites excluding steroid dienone is 3. The molecule has 2 heterocycles. The number of ether oxygens (including phenoxy) is 1. The van der Waals surface area contributed by atoms with Crippen molar-refractivity contribution in [2.45, 2.75) is 6.92 Å². The van der Waals surface area contributed by atoms with Crippen molar-refractivity contribution in [3.05, 3.63) is 60.7 Å². The van der Waals surface area contributed by atoms with E-state index in [-0.39, 0.29) is 11.9 Å². The number of rotatable bonds is 7. The van der Waals surface area contributed by atoms with Gasteiger partial charge in [-0.2, -0.15) is 4.39 Å². The fraction of sp³-hybridized carbons (Fsp3) is 0.400. The number of methoxy groups -OCH3 is 1. The lowest BCUT2D eigenvalue weighted by molar-refractivity contribution is 0.193. The first-order chi connectivity index (χ1) is 13.4. The van der Waals surface area contributed by atoms with Crippen molar-refractivity contribution in [2.24, 2.45) is 5.92 Å². The van der Waals surface area contributed by atoms with Gasteiger partial charge in [0.15, 0.2) is 0 Å². The van der Waals surface area contributed by atoms with Crippen LogP contribution in [0, 0.1) is 11.9 Å². The molecular formula is C20H26F2N4O2. The number of amides is 2. The van der Waals surface area contributed by atoms with Crippen LogP contribution in [0.1, 0.15) is 6.92 Å². The average molecular weight is 392 g/mol. The second-order valence-corrected chi connectivity index (χ2v) is 6.53. The highest BCUT2D eigenvalue weighted by atomic mass is 19.1. The number of carbonyl (C=O) groups is 1. The lowest BCUT2D eigenvalue weighted by atomic mass is 10.1. The molecule has 0 radical (unpaired) electrons. The van der Waals surface area contributed by atoms with Gasteiger partial charge in [-0.3, -0.25) is 0 Å². The fourth-order valence-corrected chi connectivity index (χ4v) is 2.82. The van der Waals surface area contributed by atoms with Gasteiger partial charge >= 0.3 is 6.03 Å². The van der Waals surface area contributed by atoms with Crippen LogP contribution in [-0.4, -0.2) is 55.7 Å². The minimum Gasteiger partial charge on any atom is -0.497 e. The summed E-state index contributed by atoms with van der Waals surface area (Å²) in [6, 6.07) is 3.00. The molecule has 1 aliphatic rings. The van der Waals surface area contributed by atoms with Crippen molar-refractivity contribution < 1.29 is 18.3 Å². The molecule has 1 aromatic heterocycles. The van der Waals surface area contributed by atoms with E-state index in [4.69, 9.17) is 4.74 Å². The molecule has 8 heteroatoms. The molecule has 1 atom stereocenters. The highest BCUT2D eigenvalue weighted by Crippen LogP contribution is 2.16. The van der Waals surface area contributed by atoms with E-state index >= 15 is 0 Å². The van der Waals surface area contributed by atoms with Crippen molar-refractivity contribution in [1.29, 1.82) is 0 Å². The van der Waals surface area contributed by atoms with Crippen LogP contribution in [0.4, 0.5) is 19.3 Å². The molecule has 1 aliphatic heterocycles. The van der Waals surface area contributed by atoms with E-state index in [1.54, 1.807) is 17.0 Å². The van der Waals surface area contributed by atoms with Gasteiger partial charge < -0.3 is 19.9 Å². The van der Waals surface area contributed by atoms with E-state index in [2.05, 4.69) is 16.9 Å². The van der Waals surface area contributed by atoms with Gasteiger partial charge in [-0.15, -0.1) is 0 Å². The number of urea groups is 1. The summed E-state index contributed by atoms with van der Waals surface area (Å²) in [6.45, 7) is 7.84. The molecule has 1 unspecified atom stereocenters. The quantitative estimate of drug-likeness (QED) is 0.440. The molecule has 0 aromatic carbocycles. The minimum absolute atomic E-state index is 0.00231. The monoisotopic (exact) mass is 392 g/mol. The molecular weight excluding hydrogens is 366 g/mol. The lowest BCUT2D eigenvalue weighted by Gasteiger charge is -2.36. The van der Waals surface area contributed by atoms with Gasteiger partial charge in [-0.25, -0.2) is 14.2 Å². The first kappa shape index (κ1) is 21.4. The summed E-state index contributed by atoms with van der Waals surface area (Å²) in [5, 5.41) is 2.89. The normalized spacial score (nSPS) is 16.2. The van der Waals surface area contributed by atoms with Crippen molar-refractivity contribution >= 4 is 11.7 Å². The zero-order valence-corrected chi connectivity index (χ0v) is 16.2. The van der Waals surface area contributed by atoms with Crippen LogP contribution in [0.25, 0.3) is 0 Å². The summed E-state index contributed by atoms with van der Waals surface area (Å²) >= 11 is 0. The lowest BCUT2D eigenvalue weighted by Crippen LogP contribution is -2.52. The Balaban J connectivity index is 1.80. The molecule has 28 heavy (non-hydrogen) atoms. The van der Waals surface area contributed by atoms with Gasteiger partial charge in [0, 0.05) is 50.7 Å². The van der Waals surface area contributed by atoms with E-state index in [1.165, 1.54) is 31.5 Å². The topological polar surface area (TPSA) is 57.7 Å². The number of carbonyl (C=O) groups excluding carboxylic acids is 1. The highest BCUT2D eigenvalue weighted by Gasteiger charge is 2.21. The third kappa shape index (κ3) is 6.68. The van der Waals surface area contributed by atoms with E-state index in [1.807, 2.05) is 11.8 Å². The van der Waals surface area contributed by atoms with Gasteiger partial charge in [-0.05, 0) is 30.2 Å². The van der Waals surface area contributed by atoms with Crippen LogP contribution in [-0.2, 0) is 4.74 Å². The second kappa shape index (κ2) is 10.4. The predicted molar refractivity (Wildman–Crippen MR) is 105 cm³/mol. The van der Waals surface area contributed by atoms with Gasteiger partial charge in [0.25, 0.3) is 0 Å². The van der Waals surface area contributed by atoms with Crippen LogP contribution in [0.2, 0.25) is 0 Å². The van der Waals surface area contributed by atoms with Gasteiger partial charge in [0.05, 0.1) is 7.11 Å². The van der Waals surface area contributed by atoms with Crippen molar-refractivity contribution in [3.8, 4) is 0 Å². The molecule has 1 saturated heterocycles. The first-order valence-corrected chi connectivity index (χ1v) is 9.06. The molecule has 2 amide bonds. The summed E-state index contributed by atoms with van der Waals surface area (Å²) < 4.78 is 31.1. The molecule has 2 rings (SSSR count). The number of hydrogen-bond donors (Lipinski definition) is 1. The Morgan fingerprint density at radius 3 is 2.71 bits per heavy atom. The summed E-state index contributed by atoms with van der Waals surface area (Å²) in [6.07, 6.45) is 5.94. The summed E-state index contributed by atoms with van der Waals surface area (Å²) in [4.78, 5) is 19.7. The number of pyridine rings is 1. The van der Waals surface area contributed by atoms with Gasteiger partial charge in [-0.1, -0.05) is 13.5 Å². The molecule has 6 nitrogen and oxygen atoms in total. The molecule has 1 fully saturated rings. The summed E-state index contributed by atoms with van der Waals surface area (Å²) in [5.74, 6) is -0.574. The molecule has 0 saturated carbocycles. The van der Waals surface area contributed by atoms with E-state index < -0.39 is 11.8 Å². The molecule has 0 aliphatic carbocycles. The standard InChI is InChI=1S/C20H26F2N4O2/c1-15(12-18(28-3)5-4-16(2)21)14-24-20(27)26-10-8-25(9-11-26)17-6-7-23-19(22)13-17/h4-7,12-13,15H,2,8-11,14H2,1,3H3,(H,24,27)/b5-4-,18-12+. The number of nitrogens with one attached hydrogen (secondary N) is 1. The maximum Gasteiger partial charge on any atom is 0.317 e. The van der Waals surface area contributed by atoms with Crippen LogP contribution >= 0.6 is 0 Å². The molecule has 1 N–H and O–H groups in total. The zero-order valence-electron chi connectivity index (χ0n) is 16.2.